The summed E-state index contributed by atoms with van der Waals surface area (Å²) in [6.45, 7) is 2.08. The van der Waals surface area contributed by atoms with Gasteiger partial charge in [0, 0.05) is 13.1 Å². The number of anilines is 1. The molecule has 1 amide bonds. The van der Waals surface area contributed by atoms with Gasteiger partial charge in [0.15, 0.2) is 4.34 Å². The summed E-state index contributed by atoms with van der Waals surface area (Å²) < 4.78 is 0.782. The van der Waals surface area contributed by atoms with Crippen LogP contribution in [0.15, 0.2) is 34.7 Å². The van der Waals surface area contributed by atoms with E-state index in [4.69, 9.17) is 5.73 Å². The average molecular weight is 320 g/mol. The highest BCUT2D eigenvalue weighted by molar-refractivity contribution is 8.01. The lowest BCUT2D eigenvalue weighted by atomic mass is 10.1. The number of benzene rings is 1. The molecular weight excluding hydrogens is 304 g/mol. The van der Waals surface area contributed by atoms with Crippen molar-refractivity contribution in [3.05, 3.63) is 35.9 Å². The number of amides is 1. The van der Waals surface area contributed by atoms with E-state index in [1.165, 1.54) is 35.9 Å². The highest BCUT2D eigenvalue weighted by atomic mass is 32.2. The number of hydrogen-bond donors (Lipinski definition) is 1. The predicted molar refractivity (Wildman–Crippen MR) is 85.6 cm³/mol. The molecule has 1 aliphatic rings. The van der Waals surface area contributed by atoms with E-state index in [-0.39, 0.29) is 5.91 Å². The number of rotatable bonds is 5. The van der Waals surface area contributed by atoms with Gasteiger partial charge in [-0.3, -0.25) is 4.79 Å². The number of carbonyl (C=O) groups excluding carboxylic acids is 1. The maximum Gasteiger partial charge on any atom is 0.235 e. The van der Waals surface area contributed by atoms with Gasteiger partial charge in [-0.05, 0) is 18.4 Å². The van der Waals surface area contributed by atoms with Gasteiger partial charge < -0.3 is 10.6 Å². The highest BCUT2D eigenvalue weighted by Gasteiger charge is 2.23. The average Bonchev–Trinajstić information content (AvgIpc) is 3.16. The third-order valence-electron chi connectivity index (χ3n) is 3.35. The van der Waals surface area contributed by atoms with Crippen molar-refractivity contribution in [2.45, 2.75) is 22.4 Å². The summed E-state index contributed by atoms with van der Waals surface area (Å²) in [5.74, 6) is -0.357. The molecule has 5 nitrogen and oxygen atoms in total. The Morgan fingerprint density at radius 1 is 1.24 bits per heavy atom. The van der Waals surface area contributed by atoms with Crippen LogP contribution in [0.5, 0.6) is 0 Å². The topological polar surface area (TPSA) is 72.1 Å². The highest BCUT2D eigenvalue weighted by Crippen LogP contribution is 2.38. The van der Waals surface area contributed by atoms with E-state index in [1.54, 1.807) is 0 Å². The second-order valence-electron chi connectivity index (χ2n) is 4.86. The number of aromatic nitrogens is 2. The third kappa shape index (κ3) is 3.36. The van der Waals surface area contributed by atoms with Crippen LogP contribution in [0.2, 0.25) is 0 Å². The van der Waals surface area contributed by atoms with E-state index in [1.807, 2.05) is 30.3 Å². The molecule has 110 valence electrons. The van der Waals surface area contributed by atoms with Gasteiger partial charge in [-0.15, -0.1) is 10.2 Å². The molecule has 1 saturated heterocycles. The van der Waals surface area contributed by atoms with E-state index < -0.39 is 5.25 Å². The van der Waals surface area contributed by atoms with Crippen molar-refractivity contribution in [1.29, 1.82) is 0 Å². The Morgan fingerprint density at radius 3 is 2.62 bits per heavy atom. The van der Waals surface area contributed by atoms with Crippen LogP contribution in [0.1, 0.15) is 23.7 Å². The molecule has 0 radical (unpaired) electrons. The minimum absolute atomic E-state index is 0.357. The lowest BCUT2D eigenvalue weighted by Gasteiger charge is -2.12. The minimum Gasteiger partial charge on any atom is -0.368 e. The summed E-state index contributed by atoms with van der Waals surface area (Å²) in [6, 6.07) is 9.54. The monoisotopic (exact) mass is 320 g/mol. The summed E-state index contributed by atoms with van der Waals surface area (Å²) >= 11 is 2.90. The van der Waals surface area contributed by atoms with E-state index >= 15 is 0 Å². The quantitative estimate of drug-likeness (QED) is 0.857. The van der Waals surface area contributed by atoms with E-state index in [2.05, 4.69) is 15.1 Å². The lowest BCUT2D eigenvalue weighted by Crippen LogP contribution is -2.18. The Morgan fingerprint density at radius 2 is 1.95 bits per heavy atom. The molecule has 1 aromatic heterocycles. The molecule has 1 aromatic carbocycles. The van der Waals surface area contributed by atoms with Gasteiger partial charge in [0.25, 0.3) is 0 Å². The van der Waals surface area contributed by atoms with Crippen LogP contribution in [-0.4, -0.2) is 29.2 Å². The molecule has 1 aliphatic heterocycles. The number of nitrogens with two attached hydrogens (primary N) is 1. The fourth-order valence-corrected chi connectivity index (χ4v) is 4.34. The molecule has 0 spiro atoms. The summed E-state index contributed by atoms with van der Waals surface area (Å²) in [5, 5.41) is 8.93. The van der Waals surface area contributed by atoms with Crippen LogP contribution in [-0.2, 0) is 4.79 Å². The Hall–Kier alpha value is -1.60. The van der Waals surface area contributed by atoms with Crippen LogP contribution < -0.4 is 10.6 Å². The van der Waals surface area contributed by atoms with E-state index in [0.29, 0.717) is 0 Å². The van der Waals surface area contributed by atoms with Crippen molar-refractivity contribution < 1.29 is 4.79 Å². The molecule has 3 rings (SSSR count). The number of carbonyl (C=O) groups is 1. The van der Waals surface area contributed by atoms with Crippen LogP contribution >= 0.6 is 23.1 Å². The first-order chi connectivity index (χ1) is 10.2. The Bertz CT molecular complexity index is 610. The number of hydrogen-bond acceptors (Lipinski definition) is 6. The van der Waals surface area contributed by atoms with Crippen molar-refractivity contribution in [1.82, 2.24) is 10.2 Å². The molecule has 0 bridgehead atoms. The Balaban J connectivity index is 1.76. The molecule has 2 heterocycles. The molecule has 7 heteroatoms. The van der Waals surface area contributed by atoms with E-state index in [9.17, 15) is 4.79 Å². The number of primary amides is 1. The summed E-state index contributed by atoms with van der Waals surface area (Å²) in [5.41, 5.74) is 6.43. The fraction of sp³-hybridized carbons (Fsp3) is 0.357. The number of nitrogens with zero attached hydrogens (tertiary/aromatic N) is 3. The first kappa shape index (κ1) is 14.3. The Kier molecular flexibility index (Phi) is 4.40. The molecule has 1 atom stereocenters. The normalized spacial score (nSPS) is 16.1. The van der Waals surface area contributed by atoms with Crippen molar-refractivity contribution in [3.63, 3.8) is 0 Å². The van der Waals surface area contributed by atoms with Gasteiger partial charge in [0.05, 0.1) is 0 Å². The first-order valence-corrected chi connectivity index (χ1v) is 8.53. The molecule has 0 saturated carbocycles. The molecule has 21 heavy (non-hydrogen) atoms. The van der Waals surface area contributed by atoms with Crippen molar-refractivity contribution in [2.75, 3.05) is 18.0 Å². The smallest absolute Gasteiger partial charge is 0.235 e. The third-order valence-corrected chi connectivity index (χ3v) is 5.69. The van der Waals surface area contributed by atoms with Crippen LogP contribution in [0.4, 0.5) is 5.13 Å². The van der Waals surface area contributed by atoms with Crippen LogP contribution in [0, 0.1) is 0 Å². The number of thioether (sulfide) groups is 1. The molecule has 2 N–H and O–H groups in total. The van der Waals surface area contributed by atoms with Crippen molar-refractivity contribution >= 4 is 34.1 Å². The minimum atomic E-state index is -0.425. The van der Waals surface area contributed by atoms with Gasteiger partial charge in [-0.1, -0.05) is 53.4 Å². The summed E-state index contributed by atoms with van der Waals surface area (Å²) in [6.07, 6.45) is 2.41. The summed E-state index contributed by atoms with van der Waals surface area (Å²) in [4.78, 5) is 14.0. The second kappa shape index (κ2) is 6.44. The van der Waals surface area contributed by atoms with Gasteiger partial charge >= 0.3 is 0 Å². The van der Waals surface area contributed by atoms with Crippen molar-refractivity contribution in [3.8, 4) is 0 Å². The molecule has 0 aliphatic carbocycles. The maximum atomic E-state index is 11.7. The zero-order valence-corrected chi connectivity index (χ0v) is 13.1. The van der Waals surface area contributed by atoms with Gasteiger partial charge in [0.1, 0.15) is 5.25 Å². The maximum absolute atomic E-state index is 11.7. The van der Waals surface area contributed by atoms with Gasteiger partial charge in [0.2, 0.25) is 11.0 Å². The van der Waals surface area contributed by atoms with Gasteiger partial charge in [-0.2, -0.15) is 0 Å². The fourth-order valence-electron chi connectivity index (χ4n) is 2.31. The summed E-state index contributed by atoms with van der Waals surface area (Å²) in [7, 11) is 0. The standard InChI is InChI=1S/C14H16N4OS2/c15-12(19)11(10-6-2-1-3-7-10)20-14-17-16-13(21-14)18-8-4-5-9-18/h1-3,6-7,11H,4-5,8-9H2,(H2,15,19). The van der Waals surface area contributed by atoms with Crippen LogP contribution in [0.25, 0.3) is 0 Å². The molecule has 2 aromatic rings. The first-order valence-electron chi connectivity index (χ1n) is 6.83. The largest absolute Gasteiger partial charge is 0.368 e. The van der Waals surface area contributed by atoms with Crippen LogP contribution in [0.3, 0.4) is 0 Å². The predicted octanol–water partition coefficient (Wildman–Crippen LogP) is 2.46. The molecule has 1 unspecified atom stereocenters. The second-order valence-corrected chi connectivity index (χ2v) is 7.16. The molecular formula is C14H16N4OS2. The zero-order chi connectivity index (χ0) is 14.7. The molecule has 1 fully saturated rings. The Labute approximate surface area is 131 Å². The lowest BCUT2D eigenvalue weighted by molar-refractivity contribution is -0.117. The van der Waals surface area contributed by atoms with Crippen molar-refractivity contribution in [2.24, 2.45) is 5.73 Å². The van der Waals surface area contributed by atoms with E-state index in [0.717, 1.165) is 28.1 Å². The van der Waals surface area contributed by atoms with Gasteiger partial charge in [-0.25, -0.2) is 0 Å². The zero-order valence-electron chi connectivity index (χ0n) is 11.4. The SMILES string of the molecule is NC(=O)C(Sc1nnc(N2CCCC2)s1)c1ccccc1.